The lowest BCUT2D eigenvalue weighted by Crippen LogP contribution is -2.43. The molecule has 1 amide bonds. The van der Waals surface area contributed by atoms with Gasteiger partial charge in [-0.15, -0.1) is 0 Å². The van der Waals surface area contributed by atoms with E-state index in [9.17, 15) is 13.6 Å². The number of nitrogens with one attached hydrogen (secondary N) is 1. The van der Waals surface area contributed by atoms with Crippen molar-refractivity contribution in [3.63, 3.8) is 0 Å². The van der Waals surface area contributed by atoms with Crippen LogP contribution >= 0.6 is 0 Å². The van der Waals surface area contributed by atoms with Crippen molar-refractivity contribution in [3.05, 3.63) is 29.3 Å². The van der Waals surface area contributed by atoms with Gasteiger partial charge < -0.3 is 10.2 Å². The zero-order valence-electron chi connectivity index (χ0n) is 12.2. The minimum absolute atomic E-state index is 0.0468. The van der Waals surface area contributed by atoms with Crippen molar-refractivity contribution < 1.29 is 13.6 Å². The van der Waals surface area contributed by atoms with Crippen molar-refractivity contribution in [3.8, 4) is 6.07 Å². The summed E-state index contributed by atoms with van der Waals surface area (Å²) in [5, 5.41) is 11.4. The second kappa shape index (κ2) is 5.32. The van der Waals surface area contributed by atoms with Crippen molar-refractivity contribution in [2.75, 3.05) is 11.9 Å². The van der Waals surface area contributed by atoms with E-state index in [4.69, 9.17) is 5.26 Å². The number of anilines is 1. The van der Waals surface area contributed by atoms with Crippen LogP contribution in [0.15, 0.2) is 12.1 Å². The number of rotatable bonds is 2. The van der Waals surface area contributed by atoms with Gasteiger partial charge in [0, 0.05) is 18.5 Å². The first-order valence-corrected chi connectivity index (χ1v) is 6.68. The molecule has 4 nitrogen and oxygen atoms in total. The summed E-state index contributed by atoms with van der Waals surface area (Å²) in [6, 6.07) is 3.29. The summed E-state index contributed by atoms with van der Waals surface area (Å²) in [7, 11) is 0. The number of hydrogen-bond acceptors (Lipinski definition) is 3. The number of halogens is 2. The highest BCUT2D eigenvalue weighted by molar-refractivity contribution is 5.80. The summed E-state index contributed by atoms with van der Waals surface area (Å²) >= 11 is 0. The van der Waals surface area contributed by atoms with Crippen LogP contribution in [0.4, 0.5) is 14.5 Å². The van der Waals surface area contributed by atoms with E-state index in [0.29, 0.717) is 6.54 Å². The Labute approximate surface area is 122 Å². The van der Waals surface area contributed by atoms with Crippen molar-refractivity contribution >= 4 is 11.6 Å². The Kier molecular flexibility index (Phi) is 3.86. The van der Waals surface area contributed by atoms with E-state index in [-0.39, 0.29) is 35.2 Å². The molecule has 1 saturated heterocycles. The molecule has 1 heterocycles. The number of hydrogen-bond donors (Lipinski definition) is 1. The van der Waals surface area contributed by atoms with Crippen molar-refractivity contribution in [1.29, 1.82) is 5.26 Å². The van der Waals surface area contributed by atoms with Crippen molar-refractivity contribution in [1.82, 2.24) is 4.90 Å². The number of carbonyl (C=O) groups excluding carboxylic acids is 1. The molecule has 0 saturated carbocycles. The van der Waals surface area contributed by atoms with E-state index < -0.39 is 11.6 Å². The lowest BCUT2D eigenvalue weighted by atomic mass is 10.1. The smallest absolute Gasteiger partial charge is 0.225 e. The van der Waals surface area contributed by atoms with Gasteiger partial charge in [-0.25, -0.2) is 8.78 Å². The van der Waals surface area contributed by atoms with Gasteiger partial charge in [0.05, 0.1) is 17.7 Å². The fourth-order valence-corrected chi connectivity index (χ4v) is 2.43. The van der Waals surface area contributed by atoms with E-state index in [1.54, 1.807) is 11.0 Å². The molecule has 1 aliphatic rings. The molecule has 1 aromatic carbocycles. The number of likely N-dealkylation sites (tertiary alicyclic amines) is 1. The Morgan fingerprint density at radius 3 is 2.33 bits per heavy atom. The summed E-state index contributed by atoms with van der Waals surface area (Å²) in [4.78, 5) is 13.6. The van der Waals surface area contributed by atoms with Crippen molar-refractivity contribution in [2.24, 2.45) is 0 Å². The van der Waals surface area contributed by atoms with E-state index in [1.165, 1.54) is 0 Å². The number of nitrogens with zero attached hydrogens (tertiary/aromatic N) is 2. The lowest BCUT2D eigenvalue weighted by Gasteiger charge is -2.32. The number of amides is 1. The van der Waals surface area contributed by atoms with Crippen LogP contribution in [-0.4, -0.2) is 28.9 Å². The molecule has 1 aliphatic heterocycles. The third-order valence-electron chi connectivity index (χ3n) is 3.45. The van der Waals surface area contributed by atoms with E-state index >= 15 is 0 Å². The Hall–Kier alpha value is -2.16. The van der Waals surface area contributed by atoms with Crippen LogP contribution in [-0.2, 0) is 4.79 Å². The molecule has 1 unspecified atom stereocenters. The maximum absolute atomic E-state index is 13.8. The van der Waals surface area contributed by atoms with Gasteiger partial charge in [-0.1, -0.05) is 0 Å². The van der Waals surface area contributed by atoms with Gasteiger partial charge in [0.15, 0.2) is 11.6 Å². The summed E-state index contributed by atoms with van der Waals surface area (Å²) in [5.41, 5.74) is -0.688. The van der Waals surface area contributed by atoms with Gasteiger partial charge in [0.25, 0.3) is 0 Å². The first kappa shape index (κ1) is 15.2. The Morgan fingerprint density at radius 1 is 1.33 bits per heavy atom. The van der Waals surface area contributed by atoms with E-state index in [0.717, 1.165) is 12.1 Å². The highest BCUT2D eigenvalue weighted by Gasteiger charge is 2.36. The molecule has 0 bridgehead atoms. The lowest BCUT2D eigenvalue weighted by molar-refractivity contribution is -0.131. The van der Waals surface area contributed by atoms with Gasteiger partial charge >= 0.3 is 0 Å². The van der Waals surface area contributed by atoms with Crippen LogP contribution in [0.5, 0.6) is 0 Å². The molecule has 0 aliphatic carbocycles. The quantitative estimate of drug-likeness (QED) is 0.912. The molecule has 1 atom stereocenters. The fourth-order valence-electron chi connectivity index (χ4n) is 2.43. The zero-order chi connectivity index (χ0) is 15.8. The SMILES string of the molecule is CC(C)(C)N1CC(Nc2c(F)cc(C#N)cc2F)CC1=O. The Balaban J connectivity index is 2.18. The number of carbonyl (C=O) groups is 1. The standard InChI is InChI=1S/C15H17F2N3O/c1-15(2,3)20-8-10(6-13(20)21)19-14-11(16)4-9(7-18)5-12(14)17/h4-5,10,19H,6,8H2,1-3H3. The molecule has 2 rings (SSSR count). The first-order valence-electron chi connectivity index (χ1n) is 6.68. The molecule has 112 valence electrons. The minimum atomic E-state index is -0.826. The van der Waals surface area contributed by atoms with Gasteiger partial charge in [-0.2, -0.15) is 5.26 Å². The van der Waals surface area contributed by atoms with Crippen LogP contribution in [0, 0.1) is 23.0 Å². The van der Waals surface area contributed by atoms with Gasteiger partial charge in [0.2, 0.25) is 5.91 Å². The molecule has 1 fully saturated rings. The summed E-state index contributed by atoms with van der Waals surface area (Å²) in [6.07, 6.45) is 0.191. The monoisotopic (exact) mass is 293 g/mol. The van der Waals surface area contributed by atoms with Crippen LogP contribution < -0.4 is 5.32 Å². The molecule has 0 spiro atoms. The van der Waals surface area contributed by atoms with E-state index in [1.807, 2.05) is 20.8 Å². The van der Waals surface area contributed by atoms with E-state index in [2.05, 4.69) is 5.32 Å². The summed E-state index contributed by atoms with van der Waals surface area (Å²) < 4.78 is 27.7. The molecule has 0 radical (unpaired) electrons. The highest BCUT2D eigenvalue weighted by atomic mass is 19.1. The number of nitriles is 1. The largest absolute Gasteiger partial charge is 0.375 e. The zero-order valence-corrected chi connectivity index (χ0v) is 12.2. The maximum Gasteiger partial charge on any atom is 0.225 e. The molecular weight excluding hydrogens is 276 g/mol. The molecule has 21 heavy (non-hydrogen) atoms. The molecule has 1 N–H and O–H groups in total. The first-order chi connectivity index (χ1) is 9.72. The predicted octanol–water partition coefficient (Wildman–Crippen LogP) is 2.65. The average Bonchev–Trinajstić information content (AvgIpc) is 2.74. The average molecular weight is 293 g/mol. The molecular formula is C15H17F2N3O. The topological polar surface area (TPSA) is 56.1 Å². The number of benzene rings is 1. The highest BCUT2D eigenvalue weighted by Crippen LogP contribution is 2.27. The predicted molar refractivity (Wildman–Crippen MR) is 74.6 cm³/mol. The molecule has 0 aromatic heterocycles. The van der Waals surface area contributed by atoms with Crippen molar-refractivity contribution in [2.45, 2.75) is 38.8 Å². The second-order valence-electron chi connectivity index (χ2n) is 6.15. The summed E-state index contributed by atoms with van der Waals surface area (Å²) in [6.45, 7) is 6.13. The maximum atomic E-state index is 13.8. The molecule has 6 heteroatoms. The van der Waals surface area contributed by atoms with Gasteiger partial charge in [0.1, 0.15) is 5.69 Å². The van der Waals surface area contributed by atoms with Crippen LogP contribution in [0.2, 0.25) is 0 Å². The Bertz CT molecular complexity index is 593. The third kappa shape index (κ3) is 3.13. The second-order valence-corrected chi connectivity index (χ2v) is 6.15. The fraction of sp³-hybridized carbons (Fsp3) is 0.467. The third-order valence-corrected chi connectivity index (χ3v) is 3.45. The van der Waals surface area contributed by atoms with Crippen LogP contribution in [0.3, 0.4) is 0 Å². The summed E-state index contributed by atoms with van der Waals surface area (Å²) in [5.74, 6) is -1.70. The minimum Gasteiger partial charge on any atom is -0.375 e. The van der Waals surface area contributed by atoms with Gasteiger partial charge in [-0.3, -0.25) is 4.79 Å². The molecule has 1 aromatic rings. The van der Waals surface area contributed by atoms with Gasteiger partial charge in [-0.05, 0) is 32.9 Å². The van der Waals surface area contributed by atoms with Crippen LogP contribution in [0.1, 0.15) is 32.8 Å². The van der Waals surface area contributed by atoms with Crippen LogP contribution in [0.25, 0.3) is 0 Å². The normalized spacial score (nSPS) is 18.8. The Morgan fingerprint density at radius 2 is 1.90 bits per heavy atom.